The summed E-state index contributed by atoms with van der Waals surface area (Å²) >= 11 is 0. The van der Waals surface area contributed by atoms with Gasteiger partial charge in [-0.25, -0.2) is 0 Å². The quantitative estimate of drug-likeness (QED) is 0.612. The Hall–Kier alpha value is -1.42. The van der Waals surface area contributed by atoms with Crippen LogP contribution in [0.2, 0.25) is 0 Å². The summed E-state index contributed by atoms with van der Waals surface area (Å²) < 4.78 is 12.2. The average Bonchev–Trinajstić information content (AvgIpc) is 2.61. The lowest BCUT2D eigenvalue weighted by Crippen LogP contribution is -2.24. The highest BCUT2D eigenvalue weighted by molar-refractivity contribution is 6.18. The molecular formula is C20H28O2Si. The van der Waals surface area contributed by atoms with Crippen LogP contribution in [0.3, 0.4) is 0 Å². The topological polar surface area (TPSA) is 18.5 Å². The van der Waals surface area contributed by atoms with Crippen LogP contribution in [0.5, 0.6) is 0 Å². The van der Waals surface area contributed by atoms with Gasteiger partial charge in [-0.2, -0.15) is 0 Å². The van der Waals surface area contributed by atoms with Crippen LogP contribution in [0.25, 0.3) is 0 Å². The molecular weight excluding hydrogens is 300 g/mol. The molecule has 0 bridgehead atoms. The van der Waals surface area contributed by atoms with E-state index in [0.29, 0.717) is 0 Å². The van der Waals surface area contributed by atoms with E-state index in [0.717, 1.165) is 25.7 Å². The largest absolute Gasteiger partial charge is 0.395 e. The van der Waals surface area contributed by atoms with Crippen molar-refractivity contribution in [2.45, 2.75) is 51.7 Å². The summed E-state index contributed by atoms with van der Waals surface area (Å²) in [5.41, 5.74) is 2.68. The molecule has 0 heterocycles. The Kier molecular flexibility index (Phi) is 8.08. The molecule has 0 saturated heterocycles. The van der Waals surface area contributed by atoms with Crippen LogP contribution in [-0.2, 0) is 21.7 Å². The molecule has 0 aliphatic carbocycles. The van der Waals surface area contributed by atoms with Crippen molar-refractivity contribution in [2.75, 3.05) is 0 Å². The van der Waals surface area contributed by atoms with E-state index in [9.17, 15) is 0 Å². The van der Waals surface area contributed by atoms with Crippen molar-refractivity contribution >= 4 is 10.0 Å². The number of benzene rings is 2. The molecule has 124 valence electrons. The molecule has 0 amide bonds. The molecule has 0 aliphatic rings. The summed E-state index contributed by atoms with van der Waals surface area (Å²) in [6.45, 7) is 4.37. The molecule has 2 nitrogen and oxygen atoms in total. The molecule has 0 radical (unpaired) electrons. The highest BCUT2D eigenvalue weighted by Gasteiger charge is 2.11. The monoisotopic (exact) mass is 328 g/mol. The predicted octanol–water partition coefficient (Wildman–Crippen LogP) is 4.06. The van der Waals surface area contributed by atoms with E-state index in [1.165, 1.54) is 11.1 Å². The third kappa shape index (κ3) is 6.69. The van der Waals surface area contributed by atoms with Crippen LogP contribution < -0.4 is 0 Å². The van der Waals surface area contributed by atoms with Gasteiger partial charge in [-0.3, -0.25) is 0 Å². The number of hydrogen-bond donors (Lipinski definition) is 0. The molecule has 0 saturated carbocycles. The molecule has 23 heavy (non-hydrogen) atoms. The fourth-order valence-electron chi connectivity index (χ4n) is 2.63. The summed E-state index contributed by atoms with van der Waals surface area (Å²) in [5, 5.41) is 0. The van der Waals surface area contributed by atoms with Gasteiger partial charge in [0.2, 0.25) is 0 Å². The first-order valence-electron chi connectivity index (χ1n) is 8.62. The standard InChI is InChI=1S/C20H28O2Si/c1-3-19(15-17-11-7-5-8-12-17)21-23-22-20(4-2)16-18-13-9-6-10-14-18/h5-14,19-20H,3-4,15-16,23H2,1-2H3. The Bertz CT molecular complexity index is 480. The fraction of sp³-hybridized carbons (Fsp3) is 0.400. The van der Waals surface area contributed by atoms with E-state index in [1.807, 2.05) is 0 Å². The average molecular weight is 329 g/mol. The first kappa shape index (κ1) is 17.9. The zero-order chi connectivity index (χ0) is 16.3. The Morgan fingerprint density at radius 1 is 0.696 bits per heavy atom. The maximum absolute atomic E-state index is 6.08. The predicted molar refractivity (Wildman–Crippen MR) is 99.2 cm³/mol. The smallest absolute Gasteiger partial charge is 0.304 e. The molecule has 0 fully saturated rings. The summed E-state index contributed by atoms with van der Waals surface area (Å²) in [6.07, 6.45) is 4.56. The van der Waals surface area contributed by atoms with Gasteiger partial charge in [-0.05, 0) is 36.8 Å². The fourth-order valence-corrected chi connectivity index (χ4v) is 3.80. The van der Waals surface area contributed by atoms with E-state index in [-0.39, 0.29) is 12.2 Å². The van der Waals surface area contributed by atoms with Gasteiger partial charge in [0.25, 0.3) is 0 Å². The molecule has 0 aromatic heterocycles. The molecule has 0 spiro atoms. The normalized spacial score (nSPS) is 14.2. The molecule has 2 unspecified atom stereocenters. The van der Waals surface area contributed by atoms with Crippen molar-refractivity contribution in [2.24, 2.45) is 0 Å². The molecule has 2 aromatic rings. The minimum absolute atomic E-state index is 0.276. The summed E-state index contributed by atoms with van der Waals surface area (Å²) in [7, 11) is -0.937. The van der Waals surface area contributed by atoms with Gasteiger partial charge in [0.15, 0.2) is 0 Å². The summed E-state index contributed by atoms with van der Waals surface area (Å²) in [4.78, 5) is 0. The van der Waals surface area contributed by atoms with E-state index >= 15 is 0 Å². The maximum Gasteiger partial charge on any atom is 0.304 e. The lowest BCUT2D eigenvalue weighted by Gasteiger charge is -2.20. The first-order valence-corrected chi connectivity index (χ1v) is 9.78. The van der Waals surface area contributed by atoms with Gasteiger partial charge in [0.05, 0.1) is 12.2 Å². The molecule has 0 aliphatic heterocycles. The Morgan fingerprint density at radius 2 is 1.09 bits per heavy atom. The minimum Gasteiger partial charge on any atom is -0.395 e. The van der Waals surface area contributed by atoms with Crippen LogP contribution in [-0.4, -0.2) is 22.2 Å². The van der Waals surface area contributed by atoms with Crippen molar-refractivity contribution in [1.29, 1.82) is 0 Å². The zero-order valence-corrected chi connectivity index (χ0v) is 15.7. The molecule has 2 rings (SSSR count). The highest BCUT2D eigenvalue weighted by atomic mass is 28.3. The Morgan fingerprint density at radius 3 is 1.43 bits per heavy atom. The zero-order valence-electron chi connectivity index (χ0n) is 14.3. The van der Waals surface area contributed by atoms with Crippen LogP contribution in [0.1, 0.15) is 37.8 Å². The van der Waals surface area contributed by atoms with Crippen LogP contribution in [0.4, 0.5) is 0 Å². The van der Waals surface area contributed by atoms with Gasteiger partial charge in [-0.15, -0.1) is 0 Å². The van der Waals surface area contributed by atoms with Crippen molar-refractivity contribution in [3.63, 3.8) is 0 Å². The highest BCUT2D eigenvalue weighted by Crippen LogP contribution is 2.11. The Balaban J connectivity index is 1.75. The molecule has 2 aromatic carbocycles. The number of hydrogen-bond acceptors (Lipinski definition) is 2. The number of rotatable bonds is 10. The Labute approximate surface area is 142 Å². The van der Waals surface area contributed by atoms with Crippen LogP contribution in [0.15, 0.2) is 60.7 Å². The SMILES string of the molecule is CCC(Cc1ccccc1)O[SiH2]OC(CC)Cc1ccccc1. The second-order valence-corrected chi connectivity index (χ2v) is 6.79. The van der Waals surface area contributed by atoms with Gasteiger partial charge < -0.3 is 8.85 Å². The van der Waals surface area contributed by atoms with E-state index in [1.54, 1.807) is 0 Å². The van der Waals surface area contributed by atoms with Crippen molar-refractivity contribution in [3.05, 3.63) is 71.8 Å². The second kappa shape index (κ2) is 10.4. The third-order valence-corrected chi connectivity index (χ3v) is 5.35. The lowest BCUT2D eigenvalue weighted by atomic mass is 10.1. The summed E-state index contributed by atoms with van der Waals surface area (Å²) in [6, 6.07) is 21.1. The van der Waals surface area contributed by atoms with Gasteiger partial charge >= 0.3 is 10.0 Å². The van der Waals surface area contributed by atoms with Crippen molar-refractivity contribution in [3.8, 4) is 0 Å². The minimum atomic E-state index is -0.937. The van der Waals surface area contributed by atoms with Gasteiger partial charge in [-0.1, -0.05) is 74.5 Å². The van der Waals surface area contributed by atoms with Gasteiger partial charge in [0, 0.05) is 0 Å². The molecule has 2 atom stereocenters. The van der Waals surface area contributed by atoms with Crippen LogP contribution in [0, 0.1) is 0 Å². The molecule has 0 N–H and O–H groups in total. The first-order chi connectivity index (χ1) is 11.3. The summed E-state index contributed by atoms with van der Waals surface area (Å²) in [5.74, 6) is 0. The van der Waals surface area contributed by atoms with Gasteiger partial charge in [0.1, 0.15) is 0 Å². The maximum atomic E-state index is 6.08. The van der Waals surface area contributed by atoms with E-state index in [2.05, 4.69) is 74.5 Å². The van der Waals surface area contributed by atoms with E-state index in [4.69, 9.17) is 8.85 Å². The lowest BCUT2D eigenvalue weighted by molar-refractivity contribution is 0.114. The third-order valence-electron chi connectivity index (χ3n) is 4.13. The second-order valence-electron chi connectivity index (χ2n) is 5.89. The molecule has 3 heteroatoms. The van der Waals surface area contributed by atoms with Crippen molar-refractivity contribution in [1.82, 2.24) is 0 Å². The van der Waals surface area contributed by atoms with E-state index < -0.39 is 10.0 Å². The van der Waals surface area contributed by atoms with Crippen LogP contribution >= 0.6 is 0 Å². The van der Waals surface area contributed by atoms with Crippen molar-refractivity contribution < 1.29 is 8.85 Å².